The number of nitrogens with one attached hydrogen (secondary N) is 1. The minimum absolute atomic E-state index is 0.0582. The van der Waals surface area contributed by atoms with E-state index in [1.165, 1.54) is 5.56 Å². The van der Waals surface area contributed by atoms with E-state index in [1.54, 1.807) is 13.3 Å². The molecule has 90 valence electrons. The first-order valence-corrected chi connectivity index (χ1v) is 5.71. The summed E-state index contributed by atoms with van der Waals surface area (Å²) in [6, 6.07) is 4.43. The lowest BCUT2D eigenvalue weighted by Crippen LogP contribution is -2.26. The van der Waals surface area contributed by atoms with Crippen LogP contribution in [-0.4, -0.2) is 24.7 Å². The van der Waals surface area contributed by atoms with Crippen molar-refractivity contribution >= 4 is 0 Å². The minimum atomic E-state index is -0.0582. The van der Waals surface area contributed by atoms with Crippen LogP contribution in [0.15, 0.2) is 24.5 Å². The highest BCUT2D eigenvalue weighted by molar-refractivity contribution is 5.13. The van der Waals surface area contributed by atoms with Gasteiger partial charge in [0.15, 0.2) is 0 Å². The molecule has 0 spiro atoms. The molecule has 0 aliphatic rings. The molecule has 3 heteroatoms. The first-order chi connectivity index (χ1) is 7.59. The number of hydrogen-bond acceptors (Lipinski definition) is 3. The Balaban J connectivity index is 2.57. The molecule has 1 aromatic heterocycles. The number of nitrogens with zero attached hydrogens (tertiary/aromatic N) is 1. The van der Waals surface area contributed by atoms with Gasteiger partial charge in [0, 0.05) is 25.5 Å². The predicted molar refractivity (Wildman–Crippen MR) is 66.4 cm³/mol. The fourth-order valence-electron chi connectivity index (χ4n) is 1.65. The summed E-state index contributed by atoms with van der Waals surface area (Å²) in [5.74, 6) is 0. The van der Waals surface area contributed by atoms with E-state index < -0.39 is 0 Å². The van der Waals surface area contributed by atoms with E-state index in [-0.39, 0.29) is 5.60 Å². The highest BCUT2D eigenvalue weighted by Gasteiger charge is 2.19. The maximum Gasteiger partial charge on any atom is 0.0623 e. The molecule has 0 aromatic carbocycles. The van der Waals surface area contributed by atoms with Gasteiger partial charge in [0.1, 0.15) is 0 Å². The van der Waals surface area contributed by atoms with Crippen LogP contribution < -0.4 is 5.32 Å². The summed E-state index contributed by atoms with van der Waals surface area (Å²) in [5, 5.41) is 3.32. The molecule has 0 amide bonds. The SMILES string of the molecule is CNC(CCC(C)(C)OC)c1cccnc1. The molecule has 0 aliphatic heterocycles. The first-order valence-electron chi connectivity index (χ1n) is 5.71. The number of aromatic nitrogens is 1. The molecule has 1 aromatic rings. The van der Waals surface area contributed by atoms with Crippen molar-refractivity contribution in [3.63, 3.8) is 0 Å². The summed E-state index contributed by atoms with van der Waals surface area (Å²) in [7, 11) is 3.75. The van der Waals surface area contributed by atoms with Gasteiger partial charge in [-0.25, -0.2) is 0 Å². The van der Waals surface area contributed by atoms with Gasteiger partial charge in [0.05, 0.1) is 5.60 Å². The standard InChI is InChI=1S/C13H22N2O/c1-13(2,16-4)8-7-12(14-3)11-6-5-9-15-10-11/h5-6,9-10,12,14H,7-8H2,1-4H3. The molecule has 0 aliphatic carbocycles. The molecular weight excluding hydrogens is 200 g/mol. The van der Waals surface area contributed by atoms with Crippen molar-refractivity contribution in [2.75, 3.05) is 14.2 Å². The van der Waals surface area contributed by atoms with Gasteiger partial charge >= 0.3 is 0 Å². The summed E-state index contributed by atoms with van der Waals surface area (Å²) in [6.07, 6.45) is 5.78. The van der Waals surface area contributed by atoms with E-state index in [1.807, 2.05) is 19.3 Å². The van der Waals surface area contributed by atoms with Gasteiger partial charge in [-0.05, 0) is 45.4 Å². The third-order valence-electron chi connectivity index (χ3n) is 3.02. The fourth-order valence-corrected chi connectivity index (χ4v) is 1.65. The zero-order valence-corrected chi connectivity index (χ0v) is 10.7. The van der Waals surface area contributed by atoms with Crippen LogP contribution >= 0.6 is 0 Å². The molecule has 1 rings (SSSR count). The highest BCUT2D eigenvalue weighted by Crippen LogP contribution is 2.23. The molecule has 3 nitrogen and oxygen atoms in total. The lowest BCUT2D eigenvalue weighted by Gasteiger charge is -2.25. The van der Waals surface area contributed by atoms with Crippen LogP contribution in [0.5, 0.6) is 0 Å². The molecule has 1 unspecified atom stereocenters. The summed E-state index contributed by atoms with van der Waals surface area (Å²) >= 11 is 0. The van der Waals surface area contributed by atoms with Gasteiger partial charge in [0.2, 0.25) is 0 Å². The topological polar surface area (TPSA) is 34.1 Å². The maximum atomic E-state index is 5.43. The van der Waals surface area contributed by atoms with E-state index in [9.17, 15) is 0 Å². The number of rotatable bonds is 6. The van der Waals surface area contributed by atoms with E-state index in [2.05, 4.69) is 30.2 Å². The van der Waals surface area contributed by atoms with Crippen LogP contribution in [0.4, 0.5) is 0 Å². The van der Waals surface area contributed by atoms with Crippen molar-refractivity contribution in [2.24, 2.45) is 0 Å². The third-order valence-corrected chi connectivity index (χ3v) is 3.02. The van der Waals surface area contributed by atoms with Crippen molar-refractivity contribution in [3.05, 3.63) is 30.1 Å². The third kappa shape index (κ3) is 3.91. The zero-order chi connectivity index (χ0) is 12.0. The Labute approximate surface area is 98.2 Å². The molecule has 0 radical (unpaired) electrons. The Morgan fingerprint density at radius 3 is 2.75 bits per heavy atom. The molecule has 0 saturated carbocycles. The minimum Gasteiger partial charge on any atom is -0.379 e. The average Bonchev–Trinajstić information content (AvgIpc) is 2.31. The van der Waals surface area contributed by atoms with Crippen LogP contribution in [0.3, 0.4) is 0 Å². The quantitative estimate of drug-likeness (QED) is 0.803. The number of methoxy groups -OCH3 is 1. The summed E-state index contributed by atoms with van der Waals surface area (Å²) in [5.41, 5.74) is 1.18. The van der Waals surface area contributed by atoms with E-state index in [4.69, 9.17) is 4.74 Å². The molecule has 16 heavy (non-hydrogen) atoms. The van der Waals surface area contributed by atoms with Crippen LogP contribution in [0.25, 0.3) is 0 Å². The molecule has 1 atom stereocenters. The number of hydrogen-bond donors (Lipinski definition) is 1. The summed E-state index contributed by atoms with van der Waals surface area (Å²) in [4.78, 5) is 4.15. The first kappa shape index (κ1) is 13.1. The maximum absolute atomic E-state index is 5.43. The van der Waals surface area contributed by atoms with Crippen molar-refractivity contribution < 1.29 is 4.74 Å². The Morgan fingerprint density at radius 2 is 2.25 bits per heavy atom. The van der Waals surface area contributed by atoms with E-state index >= 15 is 0 Å². The zero-order valence-electron chi connectivity index (χ0n) is 10.7. The number of pyridine rings is 1. The molecule has 0 saturated heterocycles. The van der Waals surface area contributed by atoms with Gasteiger partial charge < -0.3 is 10.1 Å². The molecular formula is C13H22N2O. The van der Waals surface area contributed by atoms with Crippen LogP contribution in [0.1, 0.15) is 38.3 Å². The Kier molecular flexibility index (Phi) is 4.90. The van der Waals surface area contributed by atoms with Crippen molar-refractivity contribution in [1.82, 2.24) is 10.3 Å². The van der Waals surface area contributed by atoms with Gasteiger partial charge in [0.25, 0.3) is 0 Å². The van der Waals surface area contributed by atoms with Crippen LogP contribution in [0, 0.1) is 0 Å². The average molecular weight is 222 g/mol. The fraction of sp³-hybridized carbons (Fsp3) is 0.615. The molecule has 1 N–H and O–H groups in total. The monoisotopic (exact) mass is 222 g/mol. The lowest BCUT2D eigenvalue weighted by molar-refractivity contribution is 0.0118. The normalized spacial score (nSPS) is 13.8. The molecule has 1 heterocycles. The van der Waals surface area contributed by atoms with Gasteiger partial charge in [-0.2, -0.15) is 0 Å². The second-order valence-electron chi connectivity index (χ2n) is 4.63. The molecule has 0 bridgehead atoms. The Bertz CT molecular complexity index is 298. The predicted octanol–water partition coefficient (Wildman–Crippen LogP) is 2.55. The van der Waals surface area contributed by atoms with Crippen molar-refractivity contribution in [2.45, 2.75) is 38.3 Å². The van der Waals surface area contributed by atoms with Gasteiger partial charge in [-0.3, -0.25) is 4.98 Å². The van der Waals surface area contributed by atoms with Crippen LogP contribution in [-0.2, 0) is 4.74 Å². The van der Waals surface area contributed by atoms with Crippen molar-refractivity contribution in [3.8, 4) is 0 Å². The van der Waals surface area contributed by atoms with E-state index in [0.29, 0.717) is 6.04 Å². The molecule has 0 fully saturated rings. The largest absolute Gasteiger partial charge is 0.379 e. The smallest absolute Gasteiger partial charge is 0.0623 e. The summed E-state index contributed by atoms with van der Waals surface area (Å²) < 4.78 is 5.43. The Hall–Kier alpha value is -0.930. The van der Waals surface area contributed by atoms with Crippen molar-refractivity contribution in [1.29, 1.82) is 0 Å². The van der Waals surface area contributed by atoms with E-state index in [0.717, 1.165) is 12.8 Å². The highest BCUT2D eigenvalue weighted by atomic mass is 16.5. The second-order valence-corrected chi connectivity index (χ2v) is 4.63. The van der Waals surface area contributed by atoms with Gasteiger partial charge in [-0.15, -0.1) is 0 Å². The van der Waals surface area contributed by atoms with Gasteiger partial charge in [-0.1, -0.05) is 6.07 Å². The number of ether oxygens (including phenoxy) is 1. The lowest BCUT2D eigenvalue weighted by atomic mass is 9.96. The summed E-state index contributed by atoms with van der Waals surface area (Å²) in [6.45, 7) is 4.23. The second kappa shape index (κ2) is 5.97. The van der Waals surface area contributed by atoms with Crippen LogP contribution in [0.2, 0.25) is 0 Å². The Morgan fingerprint density at radius 1 is 1.50 bits per heavy atom.